The zero-order valence-electron chi connectivity index (χ0n) is 9.74. The predicted octanol–water partition coefficient (Wildman–Crippen LogP) is 3.87. The summed E-state index contributed by atoms with van der Waals surface area (Å²) >= 11 is 3.75. The van der Waals surface area contributed by atoms with Crippen LogP contribution in [-0.4, -0.2) is 23.2 Å². The van der Waals surface area contributed by atoms with Crippen LogP contribution in [0.25, 0.3) is 10.1 Å². The smallest absolute Gasteiger partial charge is 0.164 e. The van der Waals surface area contributed by atoms with Crippen LogP contribution >= 0.6 is 23.1 Å². The molecule has 18 heavy (non-hydrogen) atoms. The second kappa shape index (κ2) is 4.14. The summed E-state index contributed by atoms with van der Waals surface area (Å²) in [6, 6.07) is 8.68. The maximum absolute atomic E-state index is 4.46. The minimum absolute atomic E-state index is 0.528. The molecule has 1 aromatic carbocycles. The van der Waals surface area contributed by atoms with Gasteiger partial charge < -0.3 is 4.90 Å². The molecule has 0 N–H and O–H groups in total. The third-order valence-electron chi connectivity index (χ3n) is 3.38. The van der Waals surface area contributed by atoms with Gasteiger partial charge in [0, 0.05) is 24.0 Å². The van der Waals surface area contributed by atoms with Crippen LogP contribution in [0.15, 0.2) is 46.9 Å². The van der Waals surface area contributed by atoms with E-state index in [9.17, 15) is 0 Å². The third-order valence-corrected chi connectivity index (χ3v) is 5.62. The number of thioether (sulfide) groups is 1. The largest absolute Gasteiger partial charge is 0.346 e. The molecule has 0 amide bonds. The lowest BCUT2D eigenvalue weighted by atomic mass is 10.1. The molecule has 2 aliphatic rings. The van der Waals surface area contributed by atoms with Gasteiger partial charge in [0.1, 0.15) is 0 Å². The molecule has 1 saturated heterocycles. The van der Waals surface area contributed by atoms with Gasteiger partial charge in [-0.1, -0.05) is 30.0 Å². The molecule has 1 aromatic heterocycles. The molecule has 0 saturated carbocycles. The van der Waals surface area contributed by atoms with Crippen LogP contribution in [0.3, 0.4) is 0 Å². The van der Waals surface area contributed by atoms with Crippen molar-refractivity contribution in [1.82, 2.24) is 4.90 Å². The predicted molar refractivity (Wildman–Crippen MR) is 80.3 cm³/mol. The molecule has 90 valence electrons. The number of aliphatic imine (C=N–C) groups is 1. The van der Waals surface area contributed by atoms with Gasteiger partial charge in [0.15, 0.2) is 5.17 Å². The Labute approximate surface area is 114 Å². The van der Waals surface area contributed by atoms with Gasteiger partial charge in [-0.15, -0.1) is 11.3 Å². The minimum Gasteiger partial charge on any atom is -0.346 e. The summed E-state index contributed by atoms with van der Waals surface area (Å²) in [5.74, 6) is 0. The molecule has 1 fully saturated rings. The summed E-state index contributed by atoms with van der Waals surface area (Å²) in [6.45, 7) is 2.08. The molecule has 1 unspecified atom stereocenters. The summed E-state index contributed by atoms with van der Waals surface area (Å²) in [6.07, 6.45) is 4.05. The first-order chi connectivity index (χ1) is 8.92. The van der Waals surface area contributed by atoms with Gasteiger partial charge >= 0.3 is 0 Å². The van der Waals surface area contributed by atoms with Crippen molar-refractivity contribution in [1.29, 1.82) is 0 Å². The molecule has 3 heterocycles. The monoisotopic (exact) mass is 272 g/mol. The lowest BCUT2D eigenvalue weighted by molar-refractivity contribution is 0.480. The third kappa shape index (κ3) is 1.60. The number of benzene rings is 1. The summed E-state index contributed by atoms with van der Waals surface area (Å²) < 4.78 is 1.39. The Balaban J connectivity index is 1.73. The Kier molecular flexibility index (Phi) is 2.45. The van der Waals surface area contributed by atoms with Crippen LogP contribution in [0, 0.1) is 0 Å². The first-order valence-electron chi connectivity index (χ1n) is 6.02. The standard InChI is InChI=1S/C14H12N2S2/c1-2-5-12-10(4-1)11(9-17-12)13-8-16-7-3-6-15-14(16)18-13/h1-6,9,13H,7-8H2. The van der Waals surface area contributed by atoms with E-state index in [2.05, 4.69) is 45.6 Å². The number of thiophene rings is 1. The molecule has 0 bridgehead atoms. The van der Waals surface area contributed by atoms with Gasteiger partial charge in [-0.2, -0.15) is 0 Å². The maximum atomic E-state index is 4.46. The average Bonchev–Trinajstić information content (AvgIpc) is 3.02. The van der Waals surface area contributed by atoms with E-state index in [0.717, 1.165) is 13.1 Å². The van der Waals surface area contributed by atoms with E-state index in [4.69, 9.17) is 0 Å². The fourth-order valence-corrected chi connectivity index (χ4v) is 4.83. The molecular formula is C14H12N2S2. The fourth-order valence-electron chi connectivity index (χ4n) is 2.48. The molecular weight excluding hydrogens is 260 g/mol. The number of nitrogens with zero attached hydrogens (tertiary/aromatic N) is 2. The molecule has 1 atom stereocenters. The van der Waals surface area contributed by atoms with E-state index in [1.807, 2.05) is 29.3 Å². The van der Waals surface area contributed by atoms with Crippen molar-refractivity contribution in [2.75, 3.05) is 13.1 Å². The van der Waals surface area contributed by atoms with Crippen LogP contribution in [0.4, 0.5) is 0 Å². The zero-order valence-corrected chi connectivity index (χ0v) is 11.4. The average molecular weight is 272 g/mol. The molecule has 2 nitrogen and oxygen atoms in total. The highest BCUT2D eigenvalue weighted by molar-refractivity contribution is 8.14. The first-order valence-corrected chi connectivity index (χ1v) is 7.78. The second-order valence-corrected chi connectivity index (χ2v) is 6.58. The van der Waals surface area contributed by atoms with Crippen LogP contribution in [0.5, 0.6) is 0 Å². The number of hydrogen-bond donors (Lipinski definition) is 0. The Morgan fingerprint density at radius 1 is 1.28 bits per heavy atom. The van der Waals surface area contributed by atoms with Gasteiger partial charge in [0.2, 0.25) is 0 Å². The van der Waals surface area contributed by atoms with Crippen molar-refractivity contribution in [3.8, 4) is 0 Å². The van der Waals surface area contributed by atoms with E-state index in [0.29, 0.717) is 5.25 Å². The highest BCUT2D eigenvalue weighted by atomic mass is 32.2. The fraction of sp³-hybridized carbons (Fsp3) is 0.214. The van der Waals surface area contributed by atoms with E-state index in [1.54, 1.807) is 0 Å². The lowest BCUT2D eigenvalue weighted by Crippen LogP contribution is -2.26. The highest BCUT2D eigenvalue weighted by Crippen LogP contribution is 2.43. The molecule has 0 aliphatic carbocycles. The minimum atomic E-state index is 0.528. The van der Waals surface area contributed by atoms with Crippen LogP contribution in [0.2, 0.25) is 0 Å². The van der Waals surface area contributed by atoms with Crippen molar-refractivity contribution < 1.29 is 0 Å². The molecule has 4 rings (SSSR count). The van der Waals surface area contributed by atoms with E-state index < -0.39 is 0 Å². The van der Waals surface area contributed by atoms with Gasteiger partial charge in [-0.25, -0.2) is 4.99 Å². The van der Waals surface area contributed by atoms with E-state index in [-0.39, 0.29) is 0 Å². The maximum Gasteiger partial charge on any atom is 0.164 e. The van der Waals surface area contributed by atoms with Crippen LogP contribution < -0.4 is 0 Å². The number of fused-ring (bicyclic) bond motifs is 2. The topological polar surface area (TPSA) is 15.6 Å². The Bertz CT molecular complexity index is 657. The summed E-state index contributed by atoms with van der Waals surface area (Å²) in [5, 5.41) is 5.43. The molecule has 0 radical (unpaired) electrons. The molecule has 0 spiro atoms. The van der Waals surface area contributed by atoms with Crippen molar-refractivity contribution in [2.24, 2.45) is 4.99 Å². The van der Waals surface area contributed by atoms with Crippen molar-refractivity contribution in [2.45, 2.75) is 5.25 Å². The Hall–Kier alpha value is -1.26. The molecule has 2 aromatic rings. The summed E-state index contributed by atoms with van der Waals surface area (Å²) in [4.78, 5) is 6.82. The van der Waals surface area contributed by atoms with Crippen molar-refractivity contribution in [3.05, 3.63) is 47.5 Å². The van der Waals surface area contributed by atoms with Crippen LogP contribution in [0.1, 0.15) is 10.8 Å². The van der Waals surface area contributed by atoms with E-state index >= 15 is 0 Å². The number of hydrogen-bond acceptors (Lipinski definition) is 4. The second-order valence-electron chi connectivity index (χ2n) is 4.50. The van der Waals surface area contributed by atoms with Crippen molar-refractivity contribution in [3.63, 3.8) is 0 Å². The lowest BCUT2D eigenvalue weighted by Gasteiger charge is -2.17. The first kappa shape index (κ1) is 10.6. The van der Waals surface area contributed by atoms with Gasteiger partial charge in [0.05, 0.1) is 5.25 Å². The molecule has 2 aliphatic heterocycles. The zero-order chi connectivity index (χ0) is 11.9. The Morgan fingerprint density at radius 2 is 2.22 bits per heavy atom. The van der Waals surface area contributed by atoms with Gasteiger partial charge in [0.25, 0.3) is 0 Å². The number of rotatable bonds is 1. The quantitative estimate of drug-likeness (QED) is 0.783. The normalized spacial score (nSPS) is 22.3. The summed E-state index contributed by atoms with van der Waals surface area (Å²) in [5.41, 5.74) is 1.47. The van der Waals surface area contributed by atoms with Gasteiger partial charge in [-0.3, -0.25) is 0 Å². The van der Waals surface area contributed by atoms with E-state index in [1.165, 1.54) is 20.8 Å². The number of amidine groups is 1. The van der Waals surface area contributed by atoms with Crippen LogP contribution in [-0.2, 0) is 0 Å². The SMILES string of the molecule is C1=CN=C2SC(c3csc4ccccc34)CN2C1. The highest BCUT2D eigenvalue weighted by Gasteiger charge is 2.31. The van der Waals surface area contributed by atoms with Crippen molar-refractivity contribution >= 4 is 38.4 Å². The molecule has 4 heteroatoms. The van der Waals surface area contributed by atoms with Gasteiger partial charge in [-0.05, 0) is 28.5 Å². The Morgan fingerprint density at radius 3 is 3.17 bits per heavy atom. The summed E-state index contributed by atoms with van der Waals surface area (Å²) in [7, 11) is 0.